The van der Waals surface area contributed by atoms with E-state index in [9.17, 15) is 0 Å². The zero-order chi connectivity index (χ0) is 40.0. The highest BCUT2D eigenvalue weighted by Gasteiger charge is 2.38. The van der Waals surface area contributed by atoms with Gasteiger partial charge in [0.05, 0.1) is 22.7 Å². The van der Waals surface area contributed by atoms with Gasteiger partial charge in [0, 0.05) is 26.6 Å². The van der Waals surface area contributed by atoms with Crippen LogP contribution in [-0.2, 0) is 5.41 Å². The zero-order valence-corrected chi connectivity index (χ0v) is 34.2. The molecule has 10 aromatic carbocycles. The molecule has 10 aromatic rings. The average molecular weight is 785 g/mol. The van der Waals surface area contributed by atoms with Crippen molar-refractivity contribution in [1.82, 2.24) is 0 Å². The summed E-state index contributed by atoms with van der Waals surface area (Å²) in [7, 11) is 0. The fraction of sp³-hybridized carbons (Fsp3) is 0.0526. The molecule has 284 valence electrons. The van der Waals surface area contributed by atoms with Crippen LogP contribution in [0.15, 0.2) is 216 Å². The van der Waals surface area contributed by atoms with Crippen molar-refractivity contribution in [1.29, 1.82) is 0 Å². The van der Waals surface area contributed by atoms with Crippen molar-refractivity contribution in [2.45, 2.75) is 29.1 Å². The average Bonchev–Trinajstić information content (AvgIpc) is 3.31. The number of nitrogens with zero attached hydrogens (tertiary/aromatic N) is 2. The smallest absolute Gasteiger partial charge is 0.0602 e. The molecule has 0 N–H and O–H groups in total. The first kappa shape index (κ1) is 34.9. The van der Waals surface area contributed by atoms with E-state index in [2.05, 4.69) is 230 Å². The standard InChI is InChI=1S/C57H40N2S/c1-57(2)49-32-38(40-28-31-53-56(34-40)60-55-33-39(37-16-6-3-7-17-37)27-30-52(55)59(53)42-20-10-5-11-21-42)26-29-51(49)58(41-18-8-4-9-19-41)54-36-48-46-25-15-13-23-44(46)43-22-12-14-24-45(43)47(48)35-50(54)57/h3-36H,1-2H3. The summed E-state index contributed by atoms with van der Waals surface area (Å²) in [5.41, 5.74) is 14.4. The molecular formula is C57H40N2S. The van der Waals surface area contributed by atoms with Crippen LogP contribution in [0.2, 0.25) is 0 Å². The lowest BCUT2D eigenvalue weighted by atomic mass is 9.72. The quantitative estimate of drug-likeness (QED) is 0.164. The van der Waals surface area contributed by atoms with Gasteiger partial charge in [-0.3, -0.25) is 0 Å². The van der Waals surface area contributed by atoms with Crippen molar-refractivity contribution in [3.05, 3.63) is 217 Å². The molecule has 0 saturated heterocycles. The van der Waals surface area contributed by atoms with E-state index in [1.807, 2.05) is 11.8 Å². The molecule has 0 amide bonds. The molecule has 2 aliphatic heterocycles. The van der Waals surface area contributed by atoms with E-state index >= 15 is 0 Å². The van der Waals surface area contributed by atoms with Gasteiger partial charge in [0.15, 0.2) is 0 Å². The predicted octanol–water partition coefficient (Wildman–Crippen LogP) is 16.5. The maximum atomic E-state index is 2.50. The molecule has 12 rings (SSSR count). The van der Waals surface area contributed by atoms with Gasteiger partial charge in [0.2, 0.25) is 0 Å². The fourth-order valence-corrected chi connectivity index (χ4v) is 11.0. The Morgan fingerprint density at radius 2 is 0.717 bits per heavy atom. The molecule has 0 spiro atoms. The molecular weight excluding hydrogens is 745 g/mol. The van der Waals surface area contributed by atoms with E-state index in [1.54, 1.807) is 0 Å². The number of hydrogen-bond donors (Lipinski definition) is 0. The summed E-state index contributed by atoms with van der Waals surface area (Å²) in [4.78, 5) is 7.40. The molecule has 0 aliphatic carbocycles. The number of benzene rings is 10. The minimum atomic E-state index is -0.285. The van der Waals surface area contributed by atoms with Crippen LogP contribution in [0.4, 0.5) is 34.1 Å². The Bertz CT molecular complexity index is 3320. The molecule has 2 aliphatic rings. The van der Waals surface area contributed by atoms with Crippen LogP contribution < -0.4 is 9.80 Å². The van der Waals surface area contributed by atoms with Gasteiger partial charge in [-0.05, 0) is 138 Å². The van der Waals surface area contributed by atoms with E-state index in [-0.39, 0.29) is 5.41 Å². The highest BCUT2D eigenvalue weighted by molar-refractivity contribution is 7.99. The first-order valence-corrected chi connectivity index (χ1v) is 21.6. The van der Waals surface area contributed by atoms with Crippen molar-refractivity contribution in [2.75, 3.05) is 9.80 Å². The van der Waals surface area contributed by atoms with Crippen LogP contribution in [0.1, 0.15) is 25.0 Å². The normalized spacial score (nSPS) is 13.8. The summed E-state index contributed by atoms with van der Waals surface area (Å²) in [6, 6.07) is 76.2. The van der Waals surface area contributed by atoms with Gasteiger partial charge >= 0.3 is 0 Å². The highest BCUT2D eigenvalue weighted by atomic mass is 32.2. The Labute approximate surface area is 355 Å². The van der Waals surface area contributed by atoms with Gasteiger partial charge in [0.1, 0.15) is 0 Å². The SMILES string of the molecule is CC1(C)c2cc(-c3ccc4c(c3)Sc3cc(-c5ccccc5)ccc3N4c3ccccc3)ccc2N(c2ccccc2)c2cc3c4ccccc4c4ccccc4c3cc21. The predicted molar refractivity (Wildman–Crippen MR) is 255 cm³/mol. The number of anilines is 6. The van der Waals surface area contributed by atoms with Crippen molar-refractivity contribution >= 4 is 78.2 Å². The Hall–Kier alpha value is -7.07. The summed E-state index contributed by atoms with van der Waals surface area (Å²) in [6.07, 6.45) is 0. The van der Waals surface area contributed by atoms with E-state index in [0.717, 1.165) is 11.4 Å². The largest absolute Gasteiger partial charge is 0.310 e. The van der Waals surface area contributed by atoms with Crippen LogP contribution in [0.25, 0.3) is 54.6 Å². The Balaban J connectivity index is 1.03. The lowest BCUT2D eigenvalue weighted by molar-refractivity contribution is 0.633. The van der Waals surface area contributed by atoms with Crippen molar-refractivity contribution < 1.29 is 0 Å². The van der Waals surface area contributed by atoms with Crippen LogP contribution in [0.3, 0.4) is 0 Å². The lowest BCUT2D eigenvalue weighted by Crippen LogP contribution is -2.30. The van der Waals surface area contributed by atoms with Gasteiger partial charge in [-0.2, -0.15) is 0 Å². The summed E-state index contributed by atoms with van der Waals surface area (Å²) < 4.78 is 0. The topological polar surface area (TPSA) is 6.48 Å². The van der Waals surface area contributed by atoms with E-state index in [1.165, 1.54) is 98.2 Å². The third-order valence-electron chi connectivity index (χ3n) is 12.8. The monoisotopic (exact) mass is 784 g/mol. The highest BCUT2D eigenvalue weighted by Crippen LogP contribution is 2.56. The fourth-order valence-electron chi connectivity index (χ4n) is 9.82. The second kappa shape index (κ2) is 13.5. The van der Waals surface area contributed by atoms with Gasteiger partial charge in [-0.15, -0.1) is 0 Å². The van der Waals surface area contributed by atoms with Gasteiger partial charge in [-0.1, -0.05) is 159 Å². The Kier molecular flexibility index (Phi) is 7.85. The van der Waals surface area contributed by atoms with Crippen LogP contribution in [0, 0.1) is 0 Å². The molecule has 0 bridgehead atoms. The van der Waals surface area contributed by atoms with Gasteiger partial charge in [0.25, 0.3) is 0 Å². The first-order chi connectivity index (χ1) is 29.5. The molecule has 3 heteroatoms. The molecule has 0 fully saturated rings. The van der Waals surface area contributed by atoms with Crippen LogP contribution in [0.5, 0.6) is 0 Å². The number of fused-ring (bicyclic) bond motifs is 10. The third kappa shape index (κ3) is 5.36. The van der Waals surface area contributed by atoms with E-state index < -0.39 is 0 Å². The second-order valence-electron chi connectivity index (χ2n) is 16.5. The van der Waals surface area contributed by atoms with Gasteiger partial charge in [-0.25, -0.2) is 0 Å². The summed E-state index contributed by atoms with van der Waals surface area (Å²) in [5.74, 6) is 0. The third-order valence-corrected chi connectivity index (χ3v) is 13.9. The van der Waals surface area contributed by atoms with E-state index in [0.29, 0.717) is 0 Å². The molecule has 0 atom stereocenters. The van der Waals surface area contributed by atoms with Crippen molar-refractivity contribution in [2.24, 2.45) is 0 Å². The van der Waals surface area contributed by atoms with Crippen molar-refractivity contribution in [3.8, 4) is 22.3 Å². The molecule has 0 radical (unpaired) electrons. The van der Waals surface area contributed by atoms with E-state index in [4.69, 9.17) is 0 Å². The molecule has 2 nitrogen and oxygen atoms in total. The molecule has 0 saturated carbocycles. The minimum Gasteiger partial charge on any atom is -0.310 e. The first-order valence-electron chi connectivity index (χ1n) is 20.8. The Morgan fingerprint density at radius 3 is 1.27 bits per heavy atom. The van der Waals surface area contributed by atoms with Gasteiger partial charge < -0.3 is 9.80 Å². The maximum Gasteiger partial charge on any atom is 0.0602 e. The Morgan fingerprint density at radius 1 is 0.317 bits per heavy atom. The van der Waals surface area contributed by atoms with Crippen LogP contribution in [-0.4, -0.2) is 0 Å². The summed E-state index contributed by atoms with van der Waals surface area (Å²) in [5, 5.41) is 7.76. The lowest BCUT2D eigenvalue weighted by Gasteiger charge is -2.42. The second-order valence-corrected chi connectivity index (χ2v) is 17.6. The molecule has 0 unspecified atom stereocenters. The minimum absolute atomic E-state index is 0.285. The number of hydrogen-bond acceptors (Lipinski definition) is 3. The van der Waals surface area contributed by atoms with Crippen molar-refractivity contribution in [3.63, 3.8) is 0 Å². The van der Waals surface area contributed by atoms with Crippen LogP contribution >= 0.6 is 11.8 Å². The molecule has 2 heterocycles. The summed E-state index contributed by atoms with van der Waals surface area (Å²) in [6.45, 7) is 4.82. The zero-order valence-electron chi connectivity index (χ0n) is 33.4. The maximum absolute atomic E-state index is 2.50. The number of para-hydroxylation sites is 2. The molecule has 0 aromatic heterocycles. The summed E-state index contributed by atoms with van der Waals surface area (Å²) >= 11 is 1.87. The molecule has 60 heavy (non-hydrogen) atoms. The number of rotatable bonds is 4.